The van der Waals surface area contributed by atoms with Crippen molar-refractivity contribution in [1.82, 2.24) is 9.88 Å². The first kappa shape index (κ1) is 15.3. The molecule has 1 atom stereocenters. The van der Waals surface area contributed by atoms with Crippen LogP contribution in [-0.4, -0.2) is 22.1 Å². The van der Waals surface area contributed by atoms with E-state index in [1.165, 1.54) is 0 Å². The molecule has 0 fully saturated rings. The lowest BCUT2D eigenvalue weighted by Gasteiger charge is -2.15. The summed E-state index contributed by atoms with van der Waals surface area (Å²) in [5.74, 6) is -0.112. The van der Waals surface area contributed by atoms with Gasteiger partial charge in [-0.2, -0.15) is 0 Å². The Hall–Kier alpha value is -2.59. The van der Waals surface area contributed by atoms with Gasteiger partial charge in [0.15, 0.2) is 0 Å². The summed E-state index contributed by atoms with van der Waals surface area (Å²) in [7, 11) is 0. The van der Waals surface area contributed by atoms with Crippen LogP contribution in [0.25, 0.3) is 10.9 Å². The second-order valence-corrected chi connectivity index (χ2v) is 5.68. The van der Waals surface area contributed by atoms with Gasteiger partial charge in [0.25, 0.3) is 0 Å². The molecule has 118 valence electrons. The summed E-state index contributed by atoms with van der Waals surface area (Å²) in [6, 6.07) is 17.6. The molecule has 0 spiro atoms. The van der Waals surface area contributed by atoms with Crippen LogP contribution in [0.1, 0.15) is 17.2 Å². The number of aliphatic hydroxyl groups is 1. The molecular weight excluding hydrogens is 288 g/mol. The zero-order valence-electron chi connectivity index (χ0n) is 13.1. The van der Waals surface area contributed by atoms with E-state index >= 15 is 0 Å². The van der Waals surface area contributed by atoms with Crippen molar-refractivity contribution in [3.05, 3.63) is 71.9 Å². The van der Waals surface area contributed by atoms with Crippen LogP contribution in [0.3, 0.4) is 0 Å². The third-order valence-electron chi connectivity index (χ3n) is 4.03. The van der Waals surface area contributed by atoms with Crippen LogP contribution in [0, 0.1) is 6.92 Å². The van der Waals surface area contributed by atoms with Crippen LogP contribution in [0.4, 0.5) is 0 Å². The van der Waals surface area contributed by atoms with Crippen molar-refractivity contribution in [1.29, 1.82) is 0 Å². The molecule has 1 unspecified atom stereocenters. The molecule has 3 aromatic rings. The van der Waals surface area contributed by atoms with Gasteiger partial charge in [0.2, 0.25) is 5.91 Å². The van der Waals surface area contributed by atoms with Crippen LogP contribution >= 0.6 is 0 Å². The Kier molecular flexibility index (Phi) is 4.44. The molecule has 0 saturated heterocycles. The van der Waals surface area contributed by atoms with Gasteiger partial charge in [-0.05, 0) is 35.6 Å². The fourth-order valence-electron chi connectivity index (χ4n) is 2.77. The summed E-state index contributed by atoms with van der Waals surface area (Å²) < 4.78 is 1.91. The number of aryl methyl sites for hydroxylation is 1. The summed E-state index contributed by atoms with van der Waals surface area (Å²) in [4.78, 5) is 12.1. The van der Waals surface area contributed by atoms with Gasteiger partial charge in [-0.3, -0.25) is 4.79 Å². The van der Waals surface area contributed by atoms with Gasteiger partial charge in [-0.25, -0.2) is 0 Å². The van der Waals surface area contributed by atoms with Gasteiger partial charge in [0.1, 0.15) is 6.54 Å². The van der Waals surface area contributed by atoms with E-state index in [1.807, 2.05) is 72.3 Å². The van der Waals surface area contributed by atoms with E-state index in [9.17, 15) is 9.90 Å². The molecule has 3 rings (SSSR count). The predicted octanol–water partition coefficient (Wildman–Crippen LogP) is 2.80. The smallest absolute Gasteiger partial charge is 0.240 e. The number of aromatic nitrogens is 1. The number of amides is 1. The highest BCUT2D eigenvalue weighted by Crippen LogP contribution is 2.17. The molecule has 23 heavy (non-hydrogen) atoms. The Labute approximate surface area is 135 Å². The molecule has 0 aliphatic carbocycles. The van der Waals surface area contributed by atoms with Crippen LogP contribution in [0.2, 0.25) is 0 Å². The molecule has 0 bridgehead atoms. The Morgan fingerprint density at radius 3 is 2.70 bits per heavy atom. The van der Waals surface area contributed by atoms with Crippen molar-refractivity contribution >= 4 is 16.8 Å². The summed E-state index contributed by atoms with van der Waals surface area (Å²) in [5, 5.41) is 14.1. The molecule has 2 N–H and O–H groups in total. The maximum Gasteiger partial charge on any atom is 0.240 e. The highest BCUT2D eigenvalue weighted by molar-refractivity contribution is 5.83. The van der Waals surface area contributed by atoms with Crippen LogP contribution < -0.4 is 5.32 Å². The number of aliphatic hydroxyl groups excluding tert-OH is 1. The zero-order chi connectivity index (χ0) is 16.2. The minimum Gasteiger partial charge on any atom is -0.387 e. The number of hydrogen-bond donors (Lipinski definition) is 2. The summed E-state index contributed by atoms with van der Waals surface area (Å²) in [5.41, 5.74) is 2.90. The largest absolute Gasteiger partial charge is 0.387 e. The normalized spacial score (nSPS) is 12.3. The quantitative estimate of drug-likeness (QED) is 0.761. The number of rotatable bonds is 5. The summed E-state index contributed by atoms with van der Waals surface area (Å²) in [6.45, 7) is 2.41. The zero-order valence-corrected chi connectivity index (χ0v) is 13.1. The number of para-hydroxylation sites is 1. The van der Waals surface area contributed by atoms with Crippen LogP contribution in [0.5, 0.6) is 0 Å². The van der Waals surface area contributed by atoms with Crippen LogP contribution in [-0.2, 0) is 11.3 Å². The first-order chi connectivity index (χ1) is 11.1. The number of benzene rings is 2. The van der Waals surface area contributed by atoms with E-state index in [4.69, 9.17) is 0 Å². The number of nitrogens with zero attached hydrogens (tertiary/aromatic N) is 1. The van der Waals surface area contributed by atoms with Crippen LogP contribution in [0.15, 0.2) is 60.8 Å². The lowest BCUT2D eigenvalue weighted by molar-refractivity contribution is -0.122. The number of fused-ring (bicyclic) bond motifs is 1. The summed E-state index contributed by atoms with van der Waals surface area (Å²) >= 11 is 0. The van der Waals surface area contributed by atoms with E-state index in [2.05, 4.69) is 5.32 Å². The SMILES string of the molecule is Cc1ccccc1C(O)CNC(=O)Cn1ccc2ccccc21. The van der Waals surface area contributed by atoms with Crippen molar-refractivity contribution in [3.8, 4) is 0 Å². The van der Waals surface area contributed by atoms with E-state index in [0.29, 0.717) is 0 Å². The van der Waals surface area contributed by atoms with Gasteiger partial charge in [-0.1, -0.05) is 42.5 Å². The molecule has 1 heterocycles. The lowest BCUT2D eigenvalue weighted by Crippen LogP contribution is -2.31. The maximum atomic E-state index is 12.1. The summed E-state index contributed by atoms with van der Waals surface area (Å²) in [6.07, 6.45) is 1.21. The second kappa shape index (κ2) is 6.67. The van der Waals surface area contributed by atoms with Crippen molar-refractivity contribution in [2.45, 2.75) is 19.6 Å². The Bertz CT molecular complexity index is 823. The highest BCUT2D eigenvalue weighted by Gasteiger charge is 2.12. The van der Waals surface area contributed by atoms with E-state index in [-0.39, 0.29) is 19.0 Å². The Morgan fingerprint density at radius 1 is 1.13 bits per heavy atom. The van der Waals surface area contributed by atoms with Crippen molar-refractivity contribution in [2.75, 3.05) is 6.54 Å². The Morgan fingerprint density at radius 2 is 1.87 bits per heavy atom. The van der Waals surface area contributed by atoms with E-state index < -0.39 is 6.10 Å². The fourth-order valence-corrected chi connectivity index (χ4v) is 2.77. The minimum absolute atomic E-state index is 0.112. The fraction of sp³-hybridized carbons (Fsp3) is 0.211. The number of hydrogen-bond acceptors (Lipinski definition) is 2. The molecular formula is C19H20N2O2. The first-order valence-electron chi connectivity index (χ1n) is 7.69. The highest BCUT2D eigenvalue weighted by atomic mass is 16.3. The molecule has 4 nitrogen and oxygen atoms in total. The lowest BCUT2D eigenvalue weighted by atomic mass is 10.0. The van der Waals surface area contributed by atoms with E-state index in [1.54, 1.807) is 0 Å². The van der Waals surface area contributed by atoms with Gasteiger partial charge >= 0.3 is 0 Å². The van der Waals surface area contributed by atoms with Gasteiger partial charge in [-0.15, -0.1) is 0 Å². The minimum atomic E-state index is -0.693. The molecule has 1 amide bonds. The number of carbonyl (C=O) groups excluding carboxylic acids is 1. The molecule has 0 aliphatic heterocycles. The predicted molar refractivity (Wildman–Crippen MR) is 91.1 cm³/mol. The maximum absolute atomic E-state index is 12.1. The van der Waals surface area contributed by atoms with Crippen molar-refractivity contribution in [2.24, 2.45) is 0 Å². The van der Waals surface area contributed by atoms with Gasteiger partial charge in [0.05, 0.1) is 6.10 Å². The molecule has 0 saturated carbocycles. The average Bonchev–Trinajstić information content (AvgIpc) is 2.96. The number of nitrogens with one attached hydrogen (secondary N) is 1. The average molecular weight is 308 g/mol. The van der Waals surface area contributed by atoms with Gasteiger partial charge in [0, 0.05) is 18.3 Å². The standard InChI is InChI=1S/C19H20N2O2/c1-14-6-2-4-8-16(14)18(22)12-20-19(23)13-21-11-10-15-7-3-5-9-17(15)21/h2-11,18,22H,12-13H2,1H3,(H,20,23). The number of carbonyl (C=O) groups is 1. The second-order valence-electron chi connectivity index (χ2n) is 5.68. The molecule has 2 aromatic carbocycles. The van der Waals surface area contributed by atoms with E-state index in [0.717, 1.165) is 22.0 Å². The molecule has 0 aliphatic rings. The third-order valence-corrected chi connectivity index (χ3v) is 4.03. The van der Waals surface area contributed by atoms with Crippen molar-refractivity contribution in [3.63, 3.8) is 0 Å². The third kappa shape index (κ3) is 3.43. The first-order valence-corrected chi connectivity index (χ1v) is 7.69. The molecule has 1 aromatic heterocycles. The van der Waals surface area contributed by atoms with Gasteiger partial charge < -0.3 is 15.0 Å². The topological polar surface area (TPSA) is 54.3 Å². The Balaban J connectivity index is 1.61. The van der Waals surface area contributed by atoms with Crippen molar-refractivity contribution < 1.29 is 9.90 Å². The molecule has 0 radical (unpaired) electrons. The monoisotopic (exact) mass is 308 g/mol. The molecule has 4 heteroatoms.